The summed E-state index contributed by atoms with van der Waals surface area (Å²) in [4.78, 5) is 26.7. The van der Waals surface area contributed by atoms with E-state index in [1.54, 1.807) is 56.3 Å². The van der Waals surface area contributed by atoms with Crippen LogP contribution in [0.4, 0.5) is 14.5 Å². The molecule has 0 N–H and O–H groups in total. The molecule has 0 radical (unpaired) electrons. The molecular formula is C25H22ClF2NO5. The van der Waals surface area contributed by atoms with Gasteiger partial charge in [0.25, 0.3) is 5.91 Å². The fraction of sp³-hybridized carbons (Fsp3) is 0.280. The van der Waals surface area contributed by atoms with E-state index in [0.29, 0.717) is 39.9 Å². The van der Waals surface area contributed by atoms with E-state index in [4.69, 9.17) is 25.8 Å². The summed E-state index contributed by atoms with van der Waals surface area (Å²) in [6.45, 7) is 1.06. The number of rotatable bonds is 8. The second kappa shape index (κ2) is 9.85. The number of anilines is 1. The SMILES string of the molecule is CCOC(=O)Cc1ccc(N2Cc3c(c(OC(F)F)c4ccccc4c3OCC)C2=O)c(Cl)c1. The molecule has 0 spiro atoms. The van der Waals surface area contributed by atoms with E-state index >= 15 is 0 Å². The van der Waals surface area contributed by atoms with Gasteiger partial charge in [-0.1, -0.05) is 41.9 Å². The van der Waals surface area contributed by atoms with Crippen molar-refractivity contribution in [3.05, 3.63) is 64.2 Å². The maximum absolute atomic E-state index is 13.5. The van der Waals surface area contributed by atoms with Crippen molar-refractivity contribution in [2.75, 3.05) is 18.1 Å². The van der Waals surface area contributed by atoms with Gasteiger partial charge in [-0.15, -0.1) is 0 Å². The average Bonchev–Trinajstić information content (AvgIpc) is 3.13. The van der Waals surface area contributed by atoms with Gasteiger partial charge in [-0.3, -0.25) is 9.59 Å². The van der Waals surface area contributed by atoms with Crippen LogP contribution in [0, 0.1) is 0 Å². The molecule has 0 aromatic heterocycles. The Balaban J connectivity index is 1.80. The Kier molecular flexibility index (Phi) is 6.88. The lowest BCUT2D eigenvalue weighted by molar-refractivity contribution is -0.142. The lowest BCUT2D eigenvalue weighted by atomic mass is 9.99. The van der Waals surface area contributed by atoms with Gasteiger partial charge < -0.3 is 19.1 Å². The molecule has 1 amide bonds. The van der Waals surface area contributed by atoms with Crippen LogP contribution in [0.1, 0.15) is 35.3 Å². The topological polar surface area (TPSA) is 65.1 Å². The third-order valence-corrected chi connectivity index (χ3v) is 5.75. The van der Waals surface area contributed by atoms with Gasteiger partial charge in [-0.05, 0) is 31.5 Å². The molecule has 1 heterocycles. The van der Waals surface area contributed by atoms with Gasteiger partial charge in [0.15, 0.2) is 0 Å². The minimum absolute atomic E-state index is 0.0223. The Morgan fingerprint density at radius 1 is 1.09 bits per heavy atom. The van der Waals surface area contributed by atoms with E-state index < -0.39 is 18.5 Å². The van der Waals surface area contributed by atoms with Gasteiger partial charge in [-0.25, -0.2) is 0 Å². The summed E-state index contributed by atoms with van der Waals surface area (Å²) in [7, 11) is 0. The van der Waals surface area contributed by atoms with E-state index in [1.807, 2.05) is 0 Å². The van der Waals surface area contributed by atoms with Crippen LogP contribution in [-0.2, 0) is 22.5 Å². The highest BCUT2D eigenvalue weighted by atomic mass is 35.5. The fourth-order valence-electron chi connectivity index (χ4n) is 4.14. The Labute approximate surface area is 200 Å². The van der Waals surface area contributed by atoms with Crippen LogP contribution in [-0.4, -0.2) is 31.7 Å². The molecule has 3 aromatic carbocycles. The summed E-state index contributed by atoms with van der Waals surface area (Å²) in [6.07, 6.45) is 0.0360. The standard InChI is InChI=1S/C25H22ClF2NO5/c1-3-32-20(30)12-14-9-10-19(18(26)11-14)29-13-17-21(24(29)31)23(34-25(27)28)16-8-6-5-7-15(16)22(17)33-4-2/h5-11,25H,3-4,12-13H2,1-2H3. The zero-order valence-corrected chi connectivity index (χ0v) is 19.3. The molecule has 0 saturated carbocycles. The van der Waals surface area contributed by atoms with Crippen molar-refractivity contribution in [3.8, 4) is 11.5 Å². The van der Waals surface area contributed by atoms with Crippen LogP contribution in [0.3, 0.4) is 0 Å². The molecule has 0 bridgehead atoms. The highest BCUT2D eigenvalue weighted by molar-refractivity contribution is 6.34. The summed E-state index contributed by atoms with van der Waals surface area (Å²) in [6, 6.07) is 11.7. The molecule has 3 aromatic rings. The molecule has 6 nitrogen and oxygen atoms in total. The zero-order chi connectivity index (χ0) is 24.4. The highest BCUT2D eigenvalue weighted by Gasteiger charge is 2.38. The minimum Gasteiger partial charge on any atom is -0.493 e. The van der Waals surface area contributed by atoms with Crippen molar-refractivity contribution in [1.82, 2.24) is 0 Å². The van der Waals surface area contributed by atoms with Crippen molar-refractivity contribution < 1.29 is 32.6 Å². The molecule has 0 fully saturated rings. The van der Waals surface area contributed by atoms with Gasteiger partial charge >= 0.3 is 12.6 Å². The summed E-state index contributed by atoms with van der Waals surface area (Å²) in [5.41, 5.74) is 1.48. The number of ether oxygens (including phenoxy) is 3. The first-order chi connectivity index (χ1) is 16.3. The first-order valence-electron chi connectivity index (χ1n) is 10.8. The number of nitrogens with zero attached hydrogens (tertiary/aromatic N) is 1. The molecule has 0 saturated heterocycles. The van der Waals surface area contributed by atoms with Crippen molar-refractivity contribution in [2.24, 2.45) is 0 Å². The zero-order valence-electron chi connectivity index (χ0n) is 18.6. The lowest BCUT2D eigenvalue weighted by Crippen LogP contribution is -2.24. The second-order valence-electron chi connectivity index (χ2n) is 7.53. The molecule has 1 aliphatic heterocycles. The summed E-state index contributed by atoms with van der Waals surface area (Å²) < 4.78 is 42.4. The smallest absolute Gasteiger partial charge is 0.387 e. The quantitative estimate of drug-likeness (QED) is 0.376. The van der Waals surface area contributed by atoms with Crippen LogP contribution >= 0.6 is 11.6 Å². The van der Waals surface area contributed by atoms with E-state index in [-0.39, 0.29) is 35.9 Å². The number of fused-ring (bicyclic) bond motifs is 2. The molecule has 9 heteroatoms. The number of benzene rings is 3. The Morgan fingerprint density at radius 2 is 1.79 bits per heavy atom. The lowest BCUT2D eigenvalue weighted by Gasteiger charge is -2.18. The van der Waals surface area contributed by atoms with Crippen LogP contribution in [0.5, 0.6) is 11.5 Å². The van der Waals surface area contributed by atoms with Gasteiger partial charge in [-0.2, -0.15) is 8.78 Å². The minimum atomic E-state index is -3.11. The number of esters is 1. The third-order valence-electron chi connectivity index (χ3n) is 5.45. The van der Waals surface area contributed by atoms with Crippen LogP contribution in [0.25, 0.3) is 10.8 Å². The van der Waals surface area contributed by atoms with Crippen LogP contribution < -0.4 is 14.4 Å². The second-order valence-corrected chi connectivity index (χ2v) is 7.93. The van der Waals surface area contributed by atoms with Gasteiger partial charge in [0.2, 0.25) is 0 Å². The fourth-order valence-corrected chi connectivity index (χ4v) is 4.45. The van der Waals surface area contributed by atoms with E-state index in [2.05, 4.69) is 0 Å². The maximum atomic E-state index is 13.5. The molecule has 178 valence electrons. The number of halogens is 3. The van der Waals surface area contributed by atoms with E-state index in [9.17, 15) is 18.4 Å². The predicted octanol–water partition coefficient (Wildman–Crippen LogP) is 5.76. The normalized spacial score (nSPS) is 12.9. The highest BCUT2D eigenvalue weighted by Crippen LogP contribution is 2.47. The largest absolute Gasteiger partial charge is 0.493 e. The Morgan fingerprint density at radius 3 is 2.41 bits per heavy atom. The summed E-state index contributed by atoms with van der Waals surface area (Å²) in [5.74, 6) is -0.664. The number of amides is 1. The van der Waals surface area contributed by atoms with Crippen LogP contribution in [0.2, 0.25) is 5.02 Å². The van der Waals surface area contributed by atoms with Crippen molar-refractivity contribution in [1.29, 1.82) is 0 Å². The van der Waals surface area contributed by atoms with Crippen LogP contribution in [0.15, 0.2) is 42.5 Å². The number of hydrogen-bond acceptors (Lipinski definition) is 5. The predicted molar refractivity (Wildman–Crippen MR) is 124 cm³/mol. The van der Waals surface area contributed by atoms with Crippen molar-refractivity contribution >= 4 is 39.9 Å². The molecular weight excluding hydrogens is 468 g/mol. The molecule has 4 rings (SSSR count). The Bertz CT molecular complexity index is 1260. The van der Waals surface area contributed by atoms with Gasteiger partial charge in [0.1, 0.15) is 11.5 Å². The molecule has 1 aliphatic rings. The molecule has 0 atom stereocenters. The first kappa shape index (κ1) is 23.8. The number of carbonyl (C=O) groups is 2. The number of hydrogen-bond donors (Lipinski definition) is 0. The van der Waals surface area contributed by atoms with Crippen molar-refractivity contribution in [2.45, 2.75) is 33.4 Å². The van der Waals surface area contributed by atoms with Gasteiger partial charge in [0.05, 0.1) is 42.5 Å². The molecule has 34 heavy (non-hydrogen) atoms. The number of carbonyl (C=O) groups excluding carboxylic acids is 2. The first-order valence-corrected chi connectivity index (χ1v) is 11.1. The van der Waals surface area contributed by atoms with E-state index in [1.165, 1.54) is 4.90 Å². The monoisotopic (exact) mass is 489 g/mol. The number of alkyl halides is 2. The van der Waals surface area contributed by atoms with E-state index in [0.717, 1.165) is 0 Å². The average molecular weight is 490 g/mol. The molecule has 0 aliphatic carbocycles. The maximum Gasteiger partial charge on any atom is 0.387 e. The summed E-state index contributed by atoms with van der Waals surface area (Å²) in [5, 5.41) is 1.17. The Hall–Kier alpha value is -3.39. The third kappa shape index (κ3) is 4.37. The van der Waals surface area contributed by atoms with Gasteiger partial charge in [0, 0.05) is 16.3 Å². The molecule has 0 unspecified atom stereocenters. The summed E-state index contributed by atoms with van der Waals surface area (Å²) >= 11 is 6.48. The van der Waals surface area contributed by atoms with Crippen molar-refractivity contribution in [3.63, 3.8) is 0 Å².